The van der Waals surface area contributed by atoms with Gasteiger partial charge in [-0.3, -0.25) is 0 Å². The van der Waals surface area contributed by atoms with Crippen molar-refractivity contribution in [2.75, 3.05) is 13.2 Å². The number of esters is 8. The number of aromatic hydroxyl groups is 25. The van der Waals surface area contributed by atoms with Gasteiger partial charge in [0, 0.05) is 46.2 Å². The first-order chi connectivity index (χ1) is 63.2. The van der Waals surface area contributed by atoms with Crippen molar-refractivity contribution in [2.45, 2.75) is 61.4 Å². The van der Waals surface area contributed by atoms with Crippen molar-refractivity contribution in [3.05, 3.63) is 150 Å². The van der Waals surface area contributed by atoms with Crippen molar-refractivity contribution in [3.8, 4) is 184 Å². The summed E-state index contributed by atoms with van der Waals surface area (Å²) in [5.41, 5.74) is -18.6. The van der Waals surface area contributed by atoms with E-state index in [0.717, 1.165) is 0 Å². The molecule has 5 heterocycles. The number of fused-ring (bicyclic) bond motifs is 4. The van der Waals surface area contributed by atoms with E-state index in [0.29, 0.717) is 60.7 Å². The van der Waals surface area contributed by atoms with Gasteiger partial charge >= 0.3 is 59.0 Å². The lowest BCUT2D eigenvalue weighted by Gasteiger charge is -2.43. The number of phenols is 25. The Morgan fingerprint density at radius 1 is 0.343 bits per heavy atom. The summed E-state index contributed by atoms with van der Waals surface area (Å²) >= 11 is 0. The third-order valence-electron chi connectivity index (χ3n) is 20.6. The Hall–Kier alpha value is -18.7. The summed E-state index contributed by atoms with van der Waals surface area (Å²) in [5.74, 6) is -61.6. The lowest BCUT2D eigenvalue weighted by molar-refractivity contribution is -0.285. The van der Waals surface area contributed by atoms with Crippen molar-refractivity contribution < 1.29 is 247 Å². The number of aliphatic hydroxyl groups excluding tert-OH is 3. The molecule has 0 spiro atoms. The van der Waals surface area contributed by atoms with Crippen molar-refractivity contribution in [3.63, 3.8) is 0 Å². The Kier molecular flexibility index (Phi) is 22.5. The monoisotopic (exact) mass is 1870 g/mol. The van der Waals surface area contributed by atoms with Crippen molar-refractivity contribution in [2.24, 2.45) is 0 Å². The van der Waals surface area contributed by atoms with Gasteiger partial charge in [-0.1, -0.05) is 0 Å². The lowest BCUT2D eigenvalue weighted by atomic mass is 9.91. The molecule has 0 aliphatic carbocycles. The Balaban J connectivity index is 0.917. The molecule has 2 saturated heterocycles. The molecule has 696 valence electrons. The molecule has 3 aliphatic heterocycles. The number of hydrogen-bond donors (Lipinski definition) is 28. The summed E-state index contributed by atoms with van der Waals surface area (Å²) in [7, 11) is 0. The van der Waals surface area contributed by atoms with Crippen LogP contribution in [0.5, 0.6) is 172 Å². The molecule has 12 aromatic rings. The summed E-state index contributed by atoms with van der Waals surface area (Å²) in [4.78, 5) is 148. The number of cyclic esters (lactones) is 1. The predicted molar refractivity (Wildman–Crippen MR) is 419 cm³/mol. The number of benzene rings is 10. The quantitative estimate of drug-likeness (QED) is 0.0155. The van der Waals surface area contributed by atoms with Crippen LogP contribution in [0.15, 0.2) is 103 Å². The second-order valence-electron chi connectivity index (χ2n) is 28.9. The van der Waals surface area contributed by atoms with Crippen LogP contribution in [0.4, 0.5) is 0 Å². The number of ether oxygens (including phenoxy) is 12. The zero-order valence-corrected chi connectivity index (χ0v) is 65.6. The fourth-order valence-electron chi connectivity index (χ4n) is 14.1. The van der Waals surface area contributed by atoms with Crippen LogP contribution < -0.4 is 25.5 Å². The number of phenolic OH excluding ortho intramolecular Hbond substituents is 25. The molecule has 10 aromatic carbocycles. The van der Waals surface area contributed by atoms with Gasteiger partial charge in [0.25, 0.3) is 0 Å². The van der Waals surface area contributed by atoms with Gasteiger partial charge in [0.2, 0.25) is 58.4 Å². The average Bonchev–Trinajstić information content (AvgIpc) is 0.737. The highest BCUT2D eigenvalue weighted by Crippen LogP contribution is 2.59. The van der Waals surface area contributed by atoms with Crippen molar-refractivity contribution >= 4 is 80.5 Å². The molecule has 52 heteroatoms. The fraction of sp³-hybridized carbons (Fsp3) is 0.146. The predicted octanol–water partition coefficient (Wildman–Crippen LogP) is 3.15. The summed E-state index contributed by atoms with van der Waals surface area (Å²) in [6.45, 7) is -3.00. The maximum absolute atomic E-state index is 16.4. The van der Waals surface area contributed by atoms with Crippen LogP contribution in [0.2, 0.25) is 0 Å². The third kappa shape index (κ3) is 15.4. The van der Waals surface area contributed by atoms with E-state index in [-0.39, 0.29) is 24.3 Å². The van der Waals surface area contributed by atoms with Crippen molar-refractivity contribution in [1.82, 2.24) is 0 Å². The number of carbonyl (C=O) groups excluding carboxylic acids is 8. The first-order valence-corrected chi connectivity index (χ1v) is 37.1. The van der Waals surface area contributed by atoms with Gasteiger partial charge in [0.15, 0.2) is 168 Å². The van der Waals surface area contributed by atoms with E-state index < -0.39 is 394 Å². The van der Waals surface area contributed by atoms with Crippen molar-refractivity contribution in [1.29, 1.82) is 0 Å². The SMILES string of the molecule is O=C(Oc1c(O)c(Oc2c(C(=O)O[C@H]3C(O)O[C@H](CO)[C@@H](O)[C@@H]3OC(=O)c3cc(O)c(O)c(O)c3)cc(O)c(O)c2O)cc2c1-c1c(cc(O)c(O)c1O)C(=O)OC[C@H]1O[C@@H](OC(=O)c3cc(O)c(O)c(O)c3Oc3cc4c(=O)oc5c(O)c(O)cc6c(=O)oc(c3O)c4c56)[C@H](OC(=O)c3cc(O)c(O)c(O)c3)[C@@H](OC(=O)c3cc(O)c(O)c(O)c3)[C@@H]1OC2=O)c1cc(O)c(O)c(O)c1. The van der Waals surface area contributed by atoms with E-state index in [1.54, 1.807) is 0 Å². The van der Waals surface area contributed by atoms with Gasteiger partial charge in [-0.25, -0.2) is 47.9 Å². The van der Waals surface area contributed by atoms with Crippen LogP contribution in [-0.4, -0.2) is 265 Å². The standard InChI is InChI=1S/C82H56O52/c83-15-41-57(106)67(130-72(111)18-3-29(86)48(97)30(87)4-18)69(81(120)124-41)132-79(118)25-11-36(93)52(101)59(108)61(25)122-39-13-23-44(65(55(39)104)127-71(110)17-1-27(84)47(96)28(85)2-17)43-21(9-35(92)51(100)58(43)107)75(114)121-16-42-63(126-77(23)116)68(131-73(112)19-5-31(88)49(98)32(89)6-19)70(133-74(113)20-7-33(90)50(99)34(91)8-20)82(125-42)134-80(119)26-12-37(94)53(102)60(109)62(26)123-40-14-24-46-45-22(76(115)129-66(46)56(40)105)10-38(95)54(103)64(45)128-78(24)117/h1-14,41-42,57,63,67-70,81-109,120H,15-16H2/t41-,42-,57-,63-,67+,68+,69-,70-,81?,82+/m1/s1. The number of hydrogen-bond acceptors (Lipinski definition) is 52. The highest BCUT2D eigenvalue weighted by molar-refractivity contribution is 6.22. The zero-order chi connectivity index (χ0) is 97.3. The molecule has 0 saturated carbocycles. The second-order valence-corrected chi connectivity index (χ2v) is 28.9. The van der Waals surface area contributed by atoms with Crippen LogP contribution in [0.25, 0.3) is 43.8 Å². The molecule has 0 radical (unpaired) electrons. The Bertz CT molecular complexity index is 7110. The summed E-state index contributed by atoms with van der Waals surface area (Å²) in [6, 6.07) is 4.62. The van der Waals surface area contributed by atoms with Crippen LogP contribution in [0.1, 0.15) is 82.9 Å². The zero-order valence-electron chi connectivity index (χ0n) is 65.6. The molecule has 28 N–H and O–H groups in total. The molecule has 3 aliphatic rings. The first kappa shape index (κ1) is 90.1. The highest BCUT2D eigenvalue weighted by Gasteiger charge is 2.57. The average molecular weight is 1870 g/mol. The van der Waals surface area contributed by atoms with E-state index >= 15 is 19.2 Å². The van der Waals surface area contributed by atoms with Gasteiger partial charge < -0.3 is 209 Å². The molecule has 52 nitrogen and oxygen atoms in total. The Morgan fingerprint density at radius 2 is 0.731 bits per heavy atom. The van der Waals surface area contributed by atoms with Crippen LogP contribution >= 0.6 is 0 Å². The lowest BCUT2D eigenvalue weighted by Crippen LogP contribution is -2.63. The van der Waals surface area contributed by atoms with Gasteiger partial charge in [-0.05, 0) is 60.7 Å². The minimum Gasteiger partial charge on any atom is -0.504 e. The molecular weight excluding hydrogens is 1820 g/mol. The fourth-order valence-corrected chi connectivity index (χ4v) is 14.1. The van der Waals surface area contributed by atoms with E-state index in [2.05, 4.69) is 0 Å². The Labute approximate surface area is 733 Å². The molecule has 134 heavy (non-hydrogen) atoms. The van der Waals surface area contributed by atoms with Gasteiger partial charge in [-0.2, -0.15) is 0 Å². The van der Waals surface area contributed by atoms with Crippen LogP contribution in [0.3, 0.4) is 0 Å². The van der Waals surface area contributed by atoms with Gasteiger partial charge in [0.05, 0.1) is 50.8 Å². The van der Waals surface area contributed by atoms with E-state index in [4.69, 9.17) is 65.7 Å². The number of carbonyl (C=O) groups is 8. The summed E-state index contributed by atoms with van der Waals surface area (Å²) in [6.07, 6.45) is -27.7. The molecule has 2 fully saturated rings. The summed E-state index contributed by atoms with van der Waals surface area (Å²) in [5, 5.41) is 305. The molecule has 2 aromatic heterocycles. The van der Waals surface area contributed by atoms with E-state index in [1.165, 1.54) is 0 Å². The topological polar surface area (TPSA) is 874 Å². The maximum Gasteiger partial charge on any atom is 0.344 e. The van der Waals surface area contributed by atoms with Gasteiger partial charge in [-0.15, -0.1) is 0 Å². The molecule has 10 atom stereocenters. The third-order valence-corrected chi connectivity index (χ3v) is 20.6. The minimum absolute atomic E-state index is 0.0520. The van der Waals surface area contributed by atoms with E-state index in [1.807, 2.05) is 0 Å². The largest absolute Gasteiger partial charge is 0.504 e. The molecule has 15 rings (SSSR count). The summed E-state index contributed by atoms with van der Waals surface area (Å²) < 4.78 is 78.6. The molecule has 0 bridgehead atoms. The van der Waals surface area contributed by atoms with Crippen LogP contribution in [0, 0.1) is 0 Å². The van der Waals surface area contributed by atoms with Gasteiger partial charge in [0.1, 0.15) is 36.0 Å². The second kappa shape index (κ2) is 33.5. The number of aliphatic hydroxyl groups is 3. The maximum atomic E-state index is 16.4. The molecule has 0 amide bonds. The Morgan fingerprint density at radius 3 is 1.21 bits per heavy atom. The molecular formula is C82H56O52. The first-order valence-electron chi connectivity index (χ1n) is 37.1. The minimum atomic E-state index is -3.18. The molecule has 1 unspecified atom stereocenters. The van der Waals surface area contributed by atoms with Crippen LogP contribution in [-0.2, 0) is 42.6 Å². The number of rotatable bonds is 17. The van der Waals surface area contributed by atoms with E-state index in [9.17, 15) is 172 Å². The smallest absolute Gasteiger partial charge is 0.344 e. The normalized spacial score (nSPS) is 18.7. The highest BCUT2D eigenvalue weighted by atomic mass is 16.8.